The Morgan fingerprint density at radius 1 is 0.857 bits per heavy atom. The molecular weight excluding hydrogens is 352 g/mol. The Morgan fingerprint density at radius 3 is 1.89 bits per heavy atom. The average molecular weight is 401 g/mol. The minimum absolute atomic E-state index is 0.117. The highest BCUT2D eigenvalue weighted by molar-refractivity contribution is 5.86. The summed E-state index contributed by atoms with van der Waals surface area (Å²) >= 11 is 0. The van der Waals surface area contributed by atoms with Crippen molar-refractivity contribution in [3.05, 3.63) is 0 Å². The van der Waals surface area contributed by atoms with Crippen LogP contribution in [0.5, 0.6) is 0 Å². The molecule has 0 aromatic rings. The molecule has 0 aliphatic carbocycles. The van der Waals surface area contributed by atoms with E-state index in [-0.39, 0.29) is 11.9 Å². The van der Waals surface area contributed by atoms with Gasteiger partial charge in [0, 0.05) is 6.42 Å². The molecule has 0 fully saturated rings. The first-order chi connectivity index (χ1) is 13.1. The van der Waals surface area contributed by atoms with Crippen LogP contribution >= 0.6 is 0 Å². The van der Waals surface area contributed by atoms with Crippen LogP contribution in [0.25, 0.3) is 0 Å². The molecule has 0 aromatic carbocycles. The van der Waals surface area contributed by atoms with E-state index < -0.39 is 11.2 Å². The van der Waals surface area contributed by atoms with Gasteiger partial charge in [-0.05, 0) is 53.4 Å². The van der Waals surface area contributed by atoms with Crippen LogP contribution in [0.4, 0.5) is 0 Å². The number of hydrogen-bond donors (Lipinski definition) is 2. The Bertz CT molecular complexity index is 385. The molecule has 28 heavy (non-hydrogen) atoms. The third-order valence-electron chi connectivity index (χ3n) is 5.43. The second-order valence-corrected chi connectivity index (χ2v) is 9.51. The Morgan fingerprint density at radius 2 is 1.36 bits per heavy atom. The van der Waals surface area contributed by atoms with E-state index in [4.69, 9.17) is 4.74 Å². The molecule has 0 spiro atoms. The van der Waals surface area contributed by atoms with Crippen LogP contribution in [0.2, 0.25) is 0 Å². The molecule has 2 N–H and O–H groups in total. The highest BCUT2D eigenvalue weighted by Gasteiger charge is 2.28. The number of aliphatic hydroxyl groups excluding tert-OH is 1. The summed E-state index contributed by atoms with van der Waals surface area (Å²) in [5.41, 5.74) is -1.53. The first-order valence-corrected chi connectivity index (χ1v) is 11.7. The van der Waals surface area contributed by atoms with Crippen molar-refractivity contribution in [3.8, 4) is 0 Å². The van der Waals surface area contributed by atoms with Crippen molar-refractivity contribution in [3.63, 3.8) is 0 Å². The van der Waals surface area contributed by atoms with Gasteiger partial charge in [0.05, 0.1) is 18.3 Å². The third kappa shape index (κ3) is 16.5. The lowest BCUT2D eigenvalue weighted by Gasteiger charge is -2.26. The van der Waals surface area contributed by atoms with Crippen molar-refractivity contribution in [2.45, 2.75) is 142 Å². The monoisotopic (exact) mass is 400 g/mol. The molecule has 4 heteroatoms. The van der Waals surface area contributed by atoms with E-state index in [1.807, 2.05) is 13.8 Å². The highest BCUT2D eigenvalue weighted by atomic mass is 16.5. The maximum atomic E-state index is 12.3. The fourth-order valence-corrected chi connectivity index (χ4v) is 3.26. The van der Waals surface area contributed by atoms with Gasteiger partial charge in [0.15, 0.2) is 5.78 Å². The zero-order valence-electron chi connectivity index (χ0n) is 19.4. The van der Waals surface area contributed by atoms with E-state index in [0.717, 1.165) is 44.9 Å². The largest absolute Gasteiger partial charge is 0.393 e. The first-order valence-electron chi connectivity index (χ1n) is 11.7. The van der Waals surface area contributed by atoms with Gasteiger partial charge >= 0.3 is 0 Å². The van der Waals surface area contributed by atoms with Gasteiger partial charge < -0.3 is 14.9 Å². The van der Waals surface area contributed by atoms with Gasteiger partial charge in [-0.15, -0.1) is 0 Å². The normalized spacial score (nSPS) is 13.7. The van der Waals surface area contributed by atoms with E-state index >= 15 is 0 Å². The summed E-state index contributed by atoms with van der Waals surface area (Å²) in [6.07, 6.45) is 14.4. The number of carbonyl (C=O) groups excluding carboxylic acids is 1. The number of hydrogen-bond acceptors (Lipinski definition) is 4. The fraction of sp³-hybridized carbons (Fsp3) is 0.958. The van der Waals surface area contributed by atoms with Gasteiger partial charge in [0.25, 0.3) is 0 Å². The Kier molecular flexibility index (Phi) is 15.2. The maximum absolute atomic E-state index is 12.3. The van der Waals surface area contributed by atoms with Crippen LogP contribution in [-0.2, 0) is 9.53 Å². The summed E-state index contributed by atoms with van der Waals surface area (Å²) in [5, 5.41) is 19.7. The molecule has 0 heterocycles. The molecule has 0 saturated carbocycles. The second-order valence-electron chi connectivity index (χ2n) is 9.51. The van der Waals surface area contributed by atoms with Crippen LogP contribution < -0.4 is 0 Å². The van der Waals surface area contributed by atoms with E-state index in [0.29, 0.717) is 19.4 Å². The number of Topliss-reactive ketones (excluding diaryl/α,β-unsaturated/α-hetero) is 1. The van der Waals surface area contributed by atoms with Crippen molar-refractivity contribution in [2.75, 3.05) is 6.61 Å². The van der Waals surface area contributed by atoms with Gasteiger partial charge in [-0.3, -0.25) is 4.79 Å². The van der Waals surface area contributed by atoms with Crippen molar-refractivity contribution < 1.29 is 19.7 Å². The van der Waals surface area contributed by atoms with Crippen LogP contribution in [0.3, 0.4) is 0 Å². The lowest BCUT2D eigenvalue weighted by molar-refractivity contribution is -0.142. The van der Waals surface area contributed by atoms with E-state index in [1.165, 1.54) is 32.1 Å². The Labute approximate surface area is 174 Å². The predicted octanol–water partition coefficient (Wildman–Crippen LogP) is 5.96. The average Bonchev–Trinajstić information content (AvgIpc) is 2.59. The highest BCUT2D eigenvalue weighted by Crippen LogP contribution is 2.19. The number of unbranched alkanes of at least 4 members (excludes halogenated alkanes) is 8. The number of ether oxygens (including phenoxy) is 1. The Hall–Kier alpha value is -0.450. The van der Waals surface area contributed by atoms with Crippen molar-refractivity contribution in [1.29, 1.82) is 0 Å². The summed E-state index contributed by atoms with van der Waals surface area (Å²) in [4.78, 5) is 12.3. The molecule has 168 valence electrons. The fourth-order valence-electron chi connectivity index (χ4n) is 3.26. The second kappa shape index (κ2) is 15.4. The minimum atomic E-state index is -0.765. The van der Waals surface area contributed by atoms with Gasteiger partial charge in [0.2, 0.25) is 0 Å². The number of ketones is 1. The molecule has 0 saturated heterocycles. The van der Waals surface area contributed by atoms with E-state index in [2.05, 4.69) is 6.92 Å². The van der Waals surface area contributed by atoms with E-state index in [9.17, 15) is 15.0 Å². The molecule has 0 radical (unpaired) electrons. The first kappa shape index (κ1) is 27.5. The summed E-state index contributed by atoms with van der Waals surface area (Å²) in [7, 11) is 0. The molecule has 0 aliphatic heterocycles. The standard InChI is InChI=1S/C24H48O4/c1-6-7-8-13-16-21(25)17-14-11-9-10-12-15-18-22(26)24(4,5)28-20-19-23(2,3)27/h21,25,27H,6-20H2,1-5H3. The Balaban J connectivity index is 3.62. The zero-order chi connectivity index (χ0) is 21.5. The summed E-state index contributed by atoms with van der Waals surface area (Å²) in [5.74, 6) is 0.148. The maximum Gasteiger partial charge on any atom is 0.164 e. The molecule has 0 rings (SSSR count). The lowest BCUT2D eigenvalue weighted by atomic mass is 9.97. The predicted molar refractivity (Wildman–Crippen MR) is 118 cm³/mol. The van der Waals surface area contributed by atoms with Gasteiger partial charge in [-0.25, -0.2) is 0 Å². The molecule has 0 amide bonds. The molecule has 0 aliphatic rings. The summed E-state index contributed by atoms with van der Waals surface area (Å²) in [6, 6.07) is 0. The summed E-state index contributed by atoms with van der Waals surface area (Å²) in [6.45, 7) is 9.76. The topological polar surface area (TPSA) is 66.8 Å². The number of carbonyl (C=O) groups is 1. The summed E-state index contributed by atoms with van der Waals surface area (Å²) < 4.78 is 5.71. The smallest absolute Gasteiger partial charge is 0.164 e. The minimum Gasteiger partial charge on any atom is -0.393 e. The van der Waals surface area contributed by atoms with Crippen LogP contribution in [0.15, 0.2) is 0 Å². The molecule has 4 nitrogen and oxygen atoms in total. The SMILES string of the molecule is CCCCCCC(O)CCCCCCCCC(=O)C(C)(C)OCCC(C)(C)O. The van der Waals surface area contributed by atoms with Gasteiger partial charge in [-0.1, -0.05) is 64.7 Å². The number of rotatable bonds is 19. The quantitative estimate of drug-likeness (QED) is 0.262. The van der Waals surface area contributed by atoms with Crippen LogP contribution in [0.1, 0.15) is 125 Å². The van der Waals surface area contributed by atoms with Crippen molar-refractivity contribution >= 4 is 5.78 Å². The lowest BCUT2D eigenvalue weighted by Crippen LogP contribution is -2.36. The van der Waals surface area contributed by atoms with Crippen LogP contribution in [0, 0.1) is 0 Å². The van der Waals surface area contributed by atoms with Crippen LogP contribution in [-0.4, -0.2) is 39.9 Å². The molecule has 1 unspecified atom stereocenters. The van der Waals surface area contributed by atoms with E-state index in [1.54, 1.807) is 13.8 Å². The number of aliphatic hydroxyl groups is 2. The van der Waals surface area contributed by atoms with Crippen molar-refractivity contribution in [2.24, 2.45) is 0 Å². The molecule has 0 bridgehead atoms. The third-order valence-corrected chi connectivity index (χ3v) is 5.43. The van der Waals surface area contributed by atoms with Crippen molar-refractivity contribution in [1.82, 2.24) is 0 Å². The molecule has 0 aromatic heterocycles. The van der Waals surface area contributed by atoms with Gasteiger partial charge in [0.1, 0.15) is 5.60 Å². The molecule has 1 atom stereocenters. The zero-order valence-corrected chi connectivity index (χ0v) is 19.4. The molecular formula is C24H48O4. The van der Waals surface area contributed by atoms with Gasteiger partial charge in [-0.2, -0.15) is 0 Å².